The summed E-state index contributed by atoms with van der Waals surface area (Å²) in [6, 6.07) is 0. The van der Waals surface area contributed by atoms with Gasteiger partial charge in [0.1, 0.15) is 24.4 Å². The molecule has 0 radical (unpaired) electrons. The van der Waals surface area contributed by atoms with Crippen molar-refractivity contribution in [1.82, 2.24) is 0 Å². The number of unbranched alkanes of at least 4 members (excludes halogenated alkanes) is 16. The molecule has 6 atom stereocenters. The summed E-state index contributed by atoms with van der Waals surface area (Å²) in [5.74, 6) is 0. The molecular formula is C42H79O10P. The van der Waals surface area contributed by atoms with Crippen LogP contribution in [0.2, 0.25) is 0 Å². The maximum Gasteiger partial charge on any atom is 0.475 e. The Morgan fingerprint density at radius 3 is 1.77 bits per heavy atom. The average Bonchev–Trinajstić information content (AvgIpc) is 3.15. The number of ether oxygens (including phenoxy) is 5. The second kappa shape index (κ2) is 34.3. The van der Waals surface area contributed by atoms with Crippen molar-refractivity contribution in [3.05, 3.63) is 37.5 Å². The second-order valence-corrected chi connectivity index (χ2v) is 15.8. The molecule has 11 heteroatoms. The van der Waals surface area contributed by atoms with Gasteiger partial charge in [0.25, 0.3) is 0 Å². The van der Waals surface area contributed by atoms with Crippen LogP contribution in [0, 0.1) is 0 Å². The molecule has 1 rings (SSSR count). The summed E-state index contributed by atoms with van der Waals surface area (Å²) in [5, 5.41) is 11.2. The lowest BCUT2D eigenvalue weighted by Crippen LogP contribution is -2.61. The highest BCUT2D eigenvalue weighted by Gasteiger charge is 2.51. The lowest BCUT2D eigenvalue weighted by atomic mass is 9.98. The molecule has 1 unspecified atom stereocenters. The number of phosphoric ester groups is 1. The van der Waals surface area contributed by atoms with Gasteiger partial charge in [0.05, 0.1) is 25.9 Å². The molecule has 0 aromatic heterocycles. The summed E-state index contributed by atoms with van der Waals surface area (Å²) in [6.07, 6.45) is 27.3. The van der Waals surface area contributed by atoms with Crippen LogP contribution in [-0.4, -0.2) is 89.2 Å². The van der Waals surface area contributed by atoms with E-state index in [9.17, 15) is 9.67 Å². The van der Waals surface area contributed by atoms with Gasteiger partial charge in [-0.3, -0.25) is 13.6 Å². The predicted molar refractivity (Wildman–Crippen MR) is 215 cm³/mol. The maximum absolute atomic E-state index is 13.8. The van der Waals surface area contributed by atoms with Crippen molar-refractivity contribution in [2.24, 2.45) is 0 Å². The van der Waals surface area contributed by atoms with Gasteiger partial charge in [-0.15, -0.1) is 13.2 Å². The van der Waals surface area contributed by atoms with Crippen LogP contribution in [0.3, 0.4) is 0 Å². The van der Waals surface area contributed by atoms with E-state index >= 15 is 0 Å². The first kappa shape index (κ1) is 50.1. The smallest absolute Gasteiger partial charge is 0.382 e. The topological polar surface area (TPSA) is 111 Å². The first-order valence-corrected chi connectivity index (χ1v) is 22.4. The highest BCUT2D eigenvalue weighted by atomic mass is 31.2. The van der Waals surface area contributed by atoms with Crippen molar-refractivity contribution in [3.63, 3.8) is 0 Å². The molecule has 1 fully saturated rings. The Hall–Kier alpha value is -0.910. The van der Waals surface area contributed by atoms with E-state index in [-0.39, 0.29) is 25.9 Å². The Labute approximate surface area is 324 Å². The molecule has 0 spiro atoms. The van der Waals surface area contributed by atoms with Crippen molar-refractivity contribution in [3.8, 4) is 0 Å². The van der Waals surface area contributed by atoms with E-state index in [1.54, 1.807) is 7.11 Å². The fourth-order valence-corrected chi connectivity index (χ4v) is 7.81. The molecule has 0 aromatic rings. The molecule has 53 heavy (non-hydrogen) atoms. The minimum atomic E-state index is -4.14. The van der Waals surface area contributed by atoms with Crippen molar-refractivity contribution in [2.75, 3.05) is 47.3 Å². The van der Waals surface area contributed by atoms with Gasteiger partial charge in [0, 0.05) is 27.4 Å². The standard InChI is InChI=1S/C42H79O10P/c1-7-11-13-15-16-17-18-19-20-21-22-23-24-25-27-29-34-47-41-40(48-35-31-37(46-6)30-28-26-14-12-8-2)39(38(36-45-5)51-42(41)43)52-53(44,49-32-9-3)50-33-10-4/h9-10,17-18,37-43H,3-4,7-8,11-16,19-36H2,1-2,5-6H3/b18-17-/t37-,38-,39-,40+,41-,42?/m1/s1. The largest absolute Gasteiger partial charge is 0.475 e. The van der Waals surface area contributed by atoms with Crippen LogP contribution in [0.15, 0.2) is 37.5 Å². The van der Waals surface area contributed by atoms with Crippen LogP contribution in [0.5, 0.6) is 0 Å². The quantitative estimate of drug-likeness (QED) is 0.0370. The van der Waals surface area contributed by atoms with E-state index in [2.05, 4.69) is 39.2 Å². The van der Waals surface area contributed by atoms with Crippen LogP contribution in [-0.2, 0) is 41.8 Å². The first-order chi connectivity index (χ1) is 25.9. The number of hydrogen-bond acceptors (Lipinski definition) is 10. The third kappa shape index (κ3) is 24.4. The predicted octanol–water partition coefficient (Wildman–Crippen LogP) is 10.8. The van der Waals surface area contributed by atoms with E-state index in [0.717, 1.165) is 32.1 Å². The highest BCUT2D eigenvalue weighted by Crippen LogP contribution is 2.52. The summed E-state index contributed by atoms with van der Waals surface area (Å²) in [5.41, 5.74) is 0. The normalized spacial score (nSPS) is 21.3. The minimum absolute atomic E-state index is 0.0230. The summed E-state index contributed by atoms with van der Waals surface area (Å²) in [4.78, 5) is 0. The zero-order chi connectivity index (χ0) is 38.8. The fourth-order valence-electron chi connectivity index (χ4n) is 6.48. The Morgan fingerprint density at radius 2 is 1.21 bits per heavy atom. The van der Waals surface area contributed by atoms with Gasteiger partial charge in [-0.2, -0.15) is 0 Å². The number of rotatable bonds is 38. The third-order valence-corrected chi connectivity index (χ3v) is 11.0. The average molecular weight is 775 g/mol. The van der Waals surface area contributed by atoms with Gasteiger partial charge in [0.2, 0.25) is 0 Å². The third-order valence-electron chi connectivity index (χ3n) is 9.57. The van der Waals surface area contributed by atoms with E-state index < -0.39 is 38.5 Å². The van der Waals surface area contributed by atoms with Crippen molar-refractivity contribution in [1.29, 1.82) is 0 Å². The molecule has 1 heterocycles. The molecule has 10 nitrogen and oxygen atoms in total. The van der Waals surface area contributed by atoms with E-state index in [4.69, 9.17) is 37.3 Å². The maximum atomic E-state index is 13.8. The molecule has 1 N–H and O–H groups in total. The Bertz CT molecular complexity index is 918. The number of aliphatic hydroxyl groups excluding tert-OH is 1. The van der Waals surface area contributed by atoms with E-state index in [1.807, 2.05) is 0 Å². The van der Waals surface area contributed by atoms with Gasteiger partial charge in [0.15, 0.2) is 6.29 Å². The number of hydrogen-bond donors (Lipinski definition) is 1. The van der Waals surface area contributed by atoms with E-state index in [0.29, 0.717) is 19.6 Å². The van der Waals surface area contributed by atoms with Gasteiger partial charge in [-0.25, -0.2) is 4.57 Å². The Kier molecular flexibility index (Phi) is 32.5. The van der Waals surface area contributed by atoms with Gasteiger partial charge in [-0.1, -0.05) is 128 Å². The molecule has 1 aliphatic heterocycles. The van der Waals surface area contributed by atoms with Crippen molar-refractivity contribution in [2.45, 2.75) is 185 Å². The Morgan fingerprint density at radius 1 is 0.679 bits per heavy atom. The summed E-state index contributed by atoms with van der Waals surface area (Å²) >= 11 is 0. The molecule has 1 saturated heterocycles. The zero-order valence-electron chi connectivity index (χ0n) is 34.1. The SMILES string of the molecule is C=CCOP(=O)(OCC=C)O[C@H]1[C@H](OCC[C@@H](CCCCCCC)OC)[C@@H](OCCCCCCCCCC/C=C\CCCCCC)C(O)O[C@@H]1COC. The molecule has 0 aromatic carbocycles. The second-order valence-electron chi connectivity index (χ2n) is 14.2. The molecular weight excluding hydrogens is 695 g/mol. The zero-order valence-corrected chi connectivity index (χ0v) is 35.0. The van der Waals surface area contributed by atoms with Gasteiger partial charge in [-0.05, 0) is 44.9 Å². The van der Waals surface area contributed by atoms with Crippen molar-refractivity contribution >= 4 is 7.82 Å². The minimum Gasteiger partial charge on any atom is -0.382 e. The lowest BCUT2D eigenvalue weighted by Gasteiger charge is -2.44. The van der Waals surface area contributed by atoms with Gasteiger partial charge >= 0.3 is 7.82 Å². The molecule has 0 bridgehead atoms. The fraction of sp³-hybridized carbons (Fsp3) is 0.857. The summed E-state index contributed by atoms with van der Waals surface area (Å²) < 4.78 is 60.8. The molecule has 0 amide bonds. The summed E-state index contributed by atoms with van der Waals surface area (Å²) in [6.45, 7) is 12.4. The Balaban J connectivity index is 2.78. The van der Waals surface area contributed by atoms with Crippen LogP contribution in [0.4, 0.5) is 0 Å². The molecule has 1 aliphatic rings. The number of phosphoric acid groups is 1. The molecule has 312 valence electrons. The monoisotopic (exact) mass is 775 g/mol. The number of methoxy groups -OCH3 is 2. The summed E-state index contributed by atoms with van der Waals surface area (Å²) in [7, 11) is -0.892. The van der Waals surface area contributed by atoms with E-state index in [1.165, 1.54) is 116 Å². The number of aliphatic hydroxyl groups is 1. The van der Waals surface area contributed by atoms with Gasteiger partial charge < -0.3 is 28.8 Å². The number of allylic oxidation sites excluding steroid dienone is 2. The molecule has 0 saturated carbocycles. The van der Waals surface area contributed by atoms with Crippen LogP contribution < -0.4 is 0 Å². The van der Waals surface area contributed by atoms with Crippen molar-refractivity contribution < 1.29 is 46.9 Å². The highest BCUT2D eigenvalue weighted by molar-refractivity contribution is 7.48. The first-order valence-electron chi connectivity index (χ1n) is 20.9. The molecule has 0 aliphatic carbocycles. The lowest BCUT2D eigenvalue weighted by molar-refractivity contribution is -0.302. The van der Waals surface area contributed by atoms with Crippen LogP contribution in [0.1, 0.15) is 149 Å². The van der Waals surface area contributed by atoms with Crippen LogP contribution in [0.25, 0.3) is 0 Å². The van der Waals surface area contributed by atoms with Crippen LogP contribution >= 0.6 is 7.82 Å².